The minimum atomic E-state index is 0.228. The molecule has 2 heteroatoms. The average molecular weight is 263 g/mol. The second-order valence-electron chi connectivity index (χ2n) is 5.56. The Morgan fingerprint density at radius 3 is 2.21 bits per heavy atom. The van der Waals surface area contributed by atoms with E-state index < -0.39 is 0 Å². The summed E-state index contributed by atoms with van der Waals surface area (Å²) < 4.78 is 5.72. The number of aryl methyl sites for hydroxylation is 1. The second-order valence-corrected chi connectivity index (χ2v) is 5.56. The first-order chi connectivity index (χ1) is 9.06. The third kappa shape index (κ3) is 5.54. The molecule has 1 N–H and O–H groups in total. The first-order valence-corrected chi connectivity index (χ1v) is 7.60. The molecule has 0 saturated carbocycles. The smallest absolute Gasteiger partial charge is 0.120 e. The van der Waals surface area contributed by atoms with Crippen LogP contribution in [-0.2, 0) is 0 Å². The molecule has 0 fully saturated rings. The molecular formula is C17H29NO. The van der Waals surface area contributed by atoms with Crippen molar-refractivity contribution in [3.63, 3.8) is 0 Å². The molecule has 0 unspecified atom stereocenters. The van der Waals surface area contributed by atoms with Gasteiger partial charge >= 0.3 is 0 Å². The Kier molecular flexibility index (Phi) is 6.75. The molecule has 0 saturated heterocycles. The van der Waals surface area contributed by atoms with E-state index in [1.807, 2.05) is 0 Å². The van der Waals surface area contributed by atoms with Gasteiger partial charge in [0.1, 0.15) is 5.75 Å². The summed E-state index contributed by atoms with van der Waals surface area (Å²) in [4.78, 5) is 0. The van der Waals surface area contributed by atoms with Crippen molar-refractivity contribution in [3.05, 3.63) is 23.8 Å². The zero-order valence-electron chi connectivity index (χ0n) is 13.1. The van der Waals surface area contributed by atoms with Gasteiger partial charge in [0, 0.05) is 11.7 Å². The van der Waals surface area contributed by atoms with E-state index in [1.54, 1.807) is 0 Å². The van der Waals surface area contributed by atoms with Crippen LogP contribution in [0.3, 0.4) is 0 Å². The molecule has 19 heavy (non-hydrogen) atoms. The van der Waals surface area contributed by atoms with Crippen molar-refractivity contribution in [2.24, 2.45) is 0 Å². The average Bonchev–Trinajstić information content (AvgIpc) is 2.32. The molecule has 1 rings (SSSR count). The van der Waals surface area contributed by atoms with E-state index in [9.17, 15) is 0 Å². The highest BCUT2D eigenvalue weighted by atomic mass is 16.5. The summed E-state index contributed by atoms with van der Waals surface area (Å²) in [6, 6.07) is 6.91. The van der Waals surface area contributed by atoms with Crippen molar-refractivity contribution in [1.82, 2.24) is 0 Å². The van der Waals surface area contributed by atoms with E-state index in [-0.39, 0.29) is 6.10 Å². The van der Waals surface area contributed by atoms with Crippen molar-refractivity contribution in [2.45, 2.75) is 72.4 Å². The molecule has 1 aromatic rings. The number of hydrogen-bond donors (Lipinski definition) is 1. The van der Waals surface area contributed by atoms with Crippen molar-refractivity contribution in [2.75, 3.05) is 5.32 Å². The zero-order valence-corrected chi connectivity index (χ0v) is 13.1. The zero-order chi connectivity index (χ0) is 14.3. The summed E-state index contributed by atoms with van der Waals surface area (Å²) in [6.45, 7) is 10.7. The summed E-state index contributed by atoms with van der Waals surface area (Å²) in [5.74, 6) is 0.959. The van der Waals surface area contributed by atoms with Crippen LogP contribution in [0.15, 0.2) is 18.2 Å². The number of anilines is 1. The summed E-state index contributed by atoms with van der Waals surface area (Å²) in [5, 5.41) is 3.67. The van der Waals surface area contributed by atoms with Gasteiger partial charge in [-0.2, -0.15) is 0 Å². The Morgan fingerprint density at radius 2 is 1.74 bits per heavy atom. The lowest BCUT2D eigenvalue weighted by molar-refractivity contribution is 0.242. The monoisotopic (exact) mass is 263 g/mol. The number of nitrogens with one attached hydrogen (secondary N) is 1. The van der Waals surface area contributed by atoms with Crippen molar-refractivity contribution in [3.8, 4) is 5.75 Å². The van der Waals surface area contributed by atoms with E-state index >= 15 is 0 Å². The third-order valence-corrected chi connectivity index (χ3v) is 3.20. The maximum atomic E-state index is 5.72. The van der Waals surface area contributed by atoms with Crippen LogP contribution >= 0.6 is 0 Å². The number of rotatable bonds is 8. The normalized spacial score (nSPS) is 11.1. The number of hydrogen-bond acceptors (Lipinski definition) is 2. The Balaban J connectivity index is 2.72. The molecule has 0 spiro atoms. The van der Waals surface area contributed by atoms with Gasteiger partial charge in [-0.3, -0.25) is 0 Å². The van der Waals surface area contributed by atoms with E-state index in [0.717, 1.165) is 5.75 Å². The van der Waals surface area contributed by atoms with Gasteiger partial charge in [-0.1, -0.05) is 26.7 Å². The van der Waals surface area contributed by atoms with Crippen molar-refractivity contribution < 1.29 is 4.74 Å². The van der Waals surface area contributed by atoms with E-state index in [2.05, 4.69) is 58.1 Å². The summed E-state index contributed by atoms with van der Waals surface area (Å²) in [6.07, 6.45) is 5.15. The van der Waals surface area contributed by atoms with Gasteiger partial charge in [0.2, 0.25) is 0 Å². The van der Waals surface area contributed by atoms with Gasteiger partial charge < -0.3 is 10.1 Å². The highest BCUT2D eigenvalue weighted by Gasteiger charge is 2.09. The van der Waals surface area contributed by atoms with Gasteiger partial charge in [-0.25, -0.2) is 0 Å². The fourth-order valence-corrected chi connectivity index (χ4v) is 2.35. The van der Waals surface area contributed by atoms with E-state index in [0.29, 0.717) is 6.04 Å². The topological polar surface area (TPSA) is 21.3 Å². The van der Waals surface area contributed by atoms with Crippen LogP contribution in [0.2, 0.25) is 0 Å². The number of ether oxygens (including phenoxy) is 1. The molecule has 1 aromatic carbocycles. The first-order valence-electron chi connectivity index (χ1n) is 7.60. The minimum absolute atomic E-state index is 0.228. The molecule has 0 aliphatic rings. The van der Waals surface area contributed by atoms with Crippen LogP contribution in [-0.4, -0.2) is 12.1 Å². The highest BCUT2D eigenvalue weighted by Crippen LogP contribution is 2.24. The predicted octanol–water partition coefficient (Wildman–Crippen LogP) is 5.16. The lowest BCUT2D eigenvalue weighted by Crippen LogP contribution is -2.19. The molecule has 0 atom stereocenters. The standard InChI is InChI=1S/C17H29NO/c1-6-8-15(9-7-2)18-17-11-10-16(12-14(17)5)19-13(3)4/h10-13,15,18H,6-9H2,1-5H3. The van der Waals surface area contributed by atoms with Gasteiger partial charge in [-0.05, 0) is 57.4 Å². The van der Waals surface area contributed by atoms with Gasteiger partial charge in [0.25, 0.3) is 0 Å². The molecule has 108 valence electrons. The predicted molar refractivity (Wildman–Crippen MR) is 84.2 cm³/mol. The van der Waals surface area contributed by atoms with E-state index in [1.165, 1.54) is 36.9 Å². The molecule has 0 aromatic heterocycles. The van der Waals surface area contributed by atoms with Crippen LogP contribution in [0.4, 0.5) is 5.69 Å². The lowest BCUT2D eigenvalue weighted by atomic mass is 10.1. The Bertz CT molecular complexity index is 368. The maximum Gasteiger partial charge on any atom is 0.120 e. The molecule has 0 aliphatic heterocycles. The first kappa shape index (κ1) is 15.9. The molecule has 0 aliphatic carbocycles. The van der Waals surface area contributed by atoms with Gasteiger partial charge in [0.05, 0.1) is 6.10 Å². The molecule has 0 radical (unpaired) electrons. The molecule has 0 heterocycles. The summed E-state index contributed by atoms with van der Waals surface area (Å²) >= 11 is 0. The Morgan fingerprint density at radius 1 is 1.11 bits per heavy atom. The van der Waals surface area contributed by atoms with Crippen LogP contribution in [0.1, 0.15) is 58.9 Å². The largest absolute Gasteiger partial charge is 0.491 e. The van der Waals surface area contributed by atoms with Crippen molar-refractivity contribution >= 4 is 5.69 Å². The summed E-state index contributed by atoms with van der Waals surface area (Å²) in [7, 11) is 0. The number of benzene rings is 1. The fraction of sp³-hybridized carbons (Fsp3) is 0.647. The highest BCUT2D eigenvalue weighted by molar-refractivity contribution is 5.54. The lowest BCUT2D eigenvalue weighted by Gasteiger charge is -2.21. The molecule has 2 nitrogen and oxygen atoms in total. The molecule has 0 bridgehead atoms. The van der Waals surface area contributed by atoms with Crippen molar-refractivity contribution in [1.29, 1.82) is 0 Å². The molecular weight excluding hydrogens is 234 g/mol. The van der Waals surface area contributed by atoms with Gasteiger partial charge in [-0.15, -0.1) is 0 Å². The van der Waals surface area contributed by atoms with Crippen LogP contribution in [0.25, 0.3) is 0 Å². The quantitative estimate of drug-likeness (QED) is 0.699. The van der Waals surface area contributed by atoms with Crippen LogP contribution in [0.5, 0.6) is 5.75 Å². The molecule has 0 amide bonds. The Hall–Kier alpha value is -1.18. The SMILES string of the molecule is CCCC(CCC)Nc1ccc(OC(C)C)cc1C. The summed E-state index contributed by atoms with van der Waals surface area (Å²) in [5.41, 5.74) is 2.50. The third-order valence-electron chi connectivity index (χ3n) is 3.20. The van der Waals surface area contributed by atoms with Gasteiger partial charge in [0.15, 0.2) is 0 Å². The van der Waals surface area contributed by atoms with Crippen LogP contribution < -0.4 is 10.1 Å². The maximum absolute atomic E-state index is 5.72. The second kappa shape index (κ2) is 8.08. The van der Waals surface area contributed by atoms with Crippen LogP contribution in [0, 0.1) is 6.92 Å². The van der Waals surface area contributed by atoms with E-state index in [4.69, 9.17) is 4.74 Å². The fourth-order valence-electron chi connectivity index (χ4n) is 2.35. The minimum Gasteiger partial charge on any atom is -0.491 e. The Labute approximate surface area is 118 Å².